The molecule has 0 spiro atoms. The fourth-order valence-corrected chi connectivity index (χ4v) is 2.80. The Labute approximate surface area is 151 Å². The molecule has 0 bridgehead atoms. The molecular formula is C19H25N2O5+. The van der Waals surface area contributed by atoms with Crippen LogP contribution in [0.15, 0.2) is 27.4 Å². The molecule has 1 unspecified atom stereocenters. The van der Waals surface area contributed by atoms with Crippen molar-refractivity contribution < 1.29 is 23.6 Å². The molecule has 0 saturated carbocycles. The topological polar surface area (TPSA) is 90.0 Å². The maximum absolute atomic E-state index is 12.0. The lowest BCUT2D eigenvalue weighted by molar-refractivity contribution is -0.904. The standard InChI is InChI=1S/C19H24N2O5/c1-5-21(11-16(22)20-19(24)25-6-2)10-14-9-17(23)26-18-13(4)12(3)7-8-15(14)18/h7-9H,5-6,10-11H2,1-4H3,(H,20,22,24)/p+1. The van der Waals surface area contributed by atoms with Crippen LogP contribution < -0.4 is 15.8 Å². The van der Waals surface area contributed by atoms with Crippen LogP contribution in [0.5, 0.6) is 0 Å². The molecule has 0 fully saturated rings. The van der Waals surface area contributed by atoms with Gasteiger partial charge in [-0.2, -0.15) is 0 Å². The number of alkyl carbamates (subject to hydrolysis) is 1. The first-order chi connectivity index (χ1) is 12.3. The molecule has 2 amide bonds. The molecule has 1 aromatic heterocycles. The highest BCUT2D eigenvalue weighted by Crippen LogP contribution is 2.22. The fourth-order valence-electron chi connectivity index (χ4n) is 2.80. The van der Waals surface area contributed by atoms with Gasteiger partial charge in [-0.1, -0.05) is 12.1 Å². The Morgan fingerprint density at radius 2 is 1.96 bits per heavy atom. The molecule has 140 valence electrons. The molecule has 2 N–H and O–H groups in total. The lowest BCUT2D eigenvalue weighted by atomic mass is 10.0. The van der Waals surface area contributed by atoms with Gasteiger partial charge in [0, 0.05) is 17.0 Å². The van der Waals surface area contributed by atoms with Gasteiger partial charge in [-0.15, -0.1) is 0 Å². The first-order valence-electron chi connectivity index (χ1n) is 8.68. The molecule has 7 heteroatoms. The molecule has 26 heavy (non-hydrogen) atoms. The molecule has 0 aliphatic heterocycles. The third-order valence-electron chi connectivity index (χ3n) is 4.39. The van der Waals surface area contributed by atoms with Crippen LogP contribution >= 0.6 is 0 Å². The summed E-state index contributed by atoms with van der Waals surface area (Å²) in [6, 6.07) is 5.39. The average Bonchev–Trinajstić information content (AvgIpc) is 2.57. The zero-order chi connectivity index (χ0) is 19.3. The van der Waals surface area contributed by atoms with E-state index in [9.17, 15) is 14.4 Å². The van der Waals surface area contributed by atoms with E-state index in [-0.39, 0.29) is 13.2 Å². The second-order valence-electron chi connectivity index (χ2n) is 6.20. The predicted octanol–water partition coefficient (Wildman–Crippen LogP) is 1.09. The number of amides is 2. The number of benzene rings is 1. The molecule has 2 aromatic rings. The van der Waals surface area contributed by atoms with Crippen molar-refractivity contribution in [1.82, 2.24) is 5.32 Å². The zero-order valence-corrected chi connectivity index (χ0v) is 15.6. The Morgan fingerprint density at radius 3 is 2.62 bits per heavy atom. The number of aryl methyl sites for hydroxylation is 2. The highest BCUT2D eigenvalue weighted by atomic mass is 16.5. The molecular weight excluding hydrogens is 336 g/mol. The smallest absolute Gasteiger partial charge is 0.414 e. The Kier molecular flexibility index (Phi) is 6.52. The van der Waals surface area contributed by atoms with Crippen LogP contribution in [0.1, 0.15) is 30.5 Å². The summed E-state index contributed by atoms with van der Waals surface area (Å²) in [5, 5.41) is 3.06. The van der Waals surface area contributed by atoms with E-state index in [1.165, 1.54) is 6.07 Å². The molecule has 2 rings (SSSR count). The number of fused-ring (bicyclic) bond motifs is 1. The van der Waals surface area contributed by atoms with E-state index in [0.717, 1.165) is 27.0 Å². The van der Waals surface area contributed by atoms with Crippen molar-refractivity contribution in [2.24, 2.45) is 0 Å². The zero-order valence-electron chi connectivity index (χ0n) is 15.6. The van der Waals surface area contributed by atoms with E-state index in [0.29, 0.717) is 18.7 Å². The number of hydrogen-bond acceptors (Lipinski definition) is 5. The summed E-state index contributed by atoms with van der Waals surface area (Å²) < 4.78 is 10.1. The minimum Gasteiger partial charge on any atom is -0.450 e. The van der Waals surface area contributed by atoms with Gasteiger partial charge in [0.1, 0.15) is 12.1 Å². The molecule has 0 aliphatic rings. The molecule has 1 heterocycles. The number of quaternary nitrogens is 1. The third-order valence-corrected chi connectivity index (χ3v) is 4.39. The van der Waals surface area contributed by atoms with Gasteiger partial charge in [-0.25, -0.2) is 9.59 Å². The summed E-state index contributed by atoms with van der Waals surface area (Å²) in [4.78, 5) is 36.2. The van der Waals surface area contributed by atoms with Gasteiger partial charge in [0.15, 0.2) is 6.54 Å². The van der Waals surface area contributed by atoms with Gasteiger partial charge in [0.25, 0.3) is 5.91 Å². The van der Waals surface area contributed by atoms with Gasteiger partial charge < -0.3 is 14.1 Å². The number of nitrogens with one attached hydrogen (secondary N) is 2. The van der Waals surface area contributed by atoms with E-state index >= 15 is 0 Å². The minimum absolute atomic E-state index is 0.0991. The first-order valence-corrected chi connectivity index (χ1v) is 8.68. The maximum atomic E-state index is 12.0. The molecule has 7 nitrogen and oxygen atoms in total. The van der Waals surface area contributed by atoms with Crippen molar-refractivity contribution in [2.45, 2.75) is 34.2 Å². The van der Waals surface area contributed by atoms with E-state index in [1.54, 1.807) is 6.92 Å². The van der Waals surface area contributed by atoms with Crippen molar-refractivity contribution >= 4 is 23.0 Å². The van der Waals surface area contributed by atoms with Gasteiger partial charge in [-0.3, -0.25) is 10.1 Å². The quantitative estimate of drug-likeness (QED) is 0.752. The maximum Gasteiger partial charge on any atom is 0.414 e. The number of hydrogen-bond donors (Lipinski definition) is 2. The summed E-state index contributed by atoms with van der Waals surface area (Å²) in [6.07, 6.45) is -0.746. The van der Waals surface area contributed by atoms with Crippen LogP contribution in [0.4, 0.5) is 4.79 Å². The van der Waals surface area contributed by atoms with Gasteiger partial charge >= 0.3 is 11.7 Å². The molecule has 1 aromatic carbocycles. The summed E-state index contributed by atoms with van der Waals surface area (Å²) >= 11 is 0. The molecule has 0 aliphatic carbocycles. The van der Waals surface area contributed by atoms with Crippen LogP contribution in [0.25, 0.3) is 11.0 Å². The van der Waals surface area contributed by atoms with Crippen LogP contribution in [-0.2, 0) is 16.1 Å². The molecule has 0 saturated heterocycles. The van der Waals surface area contributed by atoms with Crippen molar-refractivity contribution in [2.75, 3.05) is 19.7 Å². The van der Waals surface area contributed by atoms with Gasteiger partial charge in [0.2, 0.25) is 0 Å². The average molecular weight is 361 g/mol. The van der Waals surface area contributed by atoms with E-state index < -0.39 is 17.6 Å². The fraction of sp³-hybridized carbons (Fsp3) is 0.421. The van der Waals surface area contributed by atoms with E-state index in [2.05, 4.69) is 5.32 Å². The summed E-state index contributed by atoms with van der Waals surface area (Å²) in [7, 11) is 0. The second kappa shape index (κ2) is 8.62. The third kappa shape index (κ3) is 4.70. The number of carbonyl (C=O) groups excluding carboxylic acids is 2. The minimum atomic E-state index is -0.746. The molecule has 0 radical (unpaired) electrons. The number of carbonyl (C=O) groups is 2. The van der Waals surface area contributed by atoms with E-state index in [4.69, 9.17) is 9.15 Å². The summed E-state index contributed by atoms with van der Waals surface area (Å²) in [6.45, 7) is 8.92. The largest absolute Gasteiger partial charge is 0.450 e. The first kappa shape index (κ1) is 19.7. The number of ether oxygens (including phenoxy) is 1. The van der Waals surface area contributed by atoms with Crippen molar-refractivity contribution in [3.05, 3.63) is 45.3 Å². The van der Waals surface area contributed by atoms with E-state index in [1.807, 2.05) is 32.9 Å². The normalized spacial score (nSPS) is 12.0. The van der Waals surface area contributed by atoms with Gasteiger partial charge in [-0.05, 0) is 38.8 Å². The Bertz CT molecular complexity index is 872. The van der Waals surface area contributed by atoms with Crippen molar-refractivity contribution in [3.63, 3.8) is 0 Å². The lowest BCUT2D eigenvalue weighted by Gasteiger charge is -2.18. The highest BCUT2D eigenvalue weighted by Gasteiger charge is 2.18. The SMILES string of the molecule is CCOC(=O)NC(=O)C[NH+](CC)Cc1cc(=O)oc2c(C)c(C)ccc12. The summed E-state index contributed by atoms with van der Waals surface area (Å²) in [5.41, 5.74) is 2.97. The monoisotopic (exact) mass is 361 g/mol. The number of likely N-dealkylation sites (N-methyl/N-ethyl adjacent to an activating group) is 1. The lowest BCUT2D eigenvalue weighted by Crippen LogP contribution is -3.11. The number of rotatable bonds is 6. The van der Waals surface area contributed by atoms with Crippen molar-refractivity contribution in [1.29, 1.82) is 0 Å². The summed E-state index contributed by atoms with van der Waals surface area (Å²) in [5.74, 6) is -0.417. The second-order valence-corrected chi connectivity index (χ2v) is 6.20. The Balaban J connectivity index is 2.23. The van der Waals surface area contributed by atoms with Crippen molar-refractivity contribution in [3.8, 4) is 0 Å². The number of imide groups is 1. The van der Waals surface area contributed by atoms with Crippen LogP contribution in [0.2, 0.25) is 0 Å². The van der Waals surface area contributed by atoms with Crippen LogP contribution in [-0.4, -0.2) is 31.7 Å². The Morgan fingerprint density at radius 1 is 1.23 bits per heavy atom. The van der Waals surface area contributed by atoms with Crippen LogP contribution in [0, 0.1) is 13.8 Å². The van der Waals surface area contributed by atoms with Gasteiger partial charge in [0.05, 0.1) is 13.2 Å². The predicted molar refractivity (Wildman–Crippen MR) is 97.2 cm³/mol. The molecule has 1 atom stereocenters. The highest BCUT2D eigenvalue weighted by molar-refractivity contribution is 5.92. The van der Waals surface area contributed by atoms with Crippen LogP contribution in [0.3, 0.4) is 0 Å². The Hall–Kier alpha value is -2.67.